The van der Waals surface area contributed by atoms with Gasteiger partial charge >= 0.3 is 6.09 Å². The quantitative estimate of drug-likeness (QED) is 0.582. The van der Waals surface area contributed by atoms with Gasteiger partial charge in [-0.2, -0.15) is 0 Å². The number of aliphatic hydroxyl groups is 1. The lowest BCUT2D eigenvalue weighted by Gasteiger charge is -2.24. The number of aliphatic hydroxyl groups excluding tert-OH is 1. The number of carbonyl (C=O) groups is 1. The SMILES string of the molecule is CN(Cc1cc(-c2cccc(CO)c2F)n(S(=O)(=O)c2cccnc2)c1)C(=O)OC(C)(C)C. The number of nitrogens with zero attached hydrogens (tertiary/aromatic N) is 3. The molecule has 1 N–H and O–H groups in total. The van der Waals surface area contributed by atoms with E-state index in [9.17, 15) is 18.3 Å². The average molecular weight is 476 g/mol. The summed E-state index contributed by atoms with van der Waals surface area (Å²) in [6.07, 6.45) is 3.40. The number of halogens is 1. The molecule has 0 atom stereocenters. The molecule has 0 bridgehead atoms. The van der Waals surface area contributed by atoms with Crippen molar-refractivity contribution < 1.29 is 27.4 Å². The van der Waals surface area contributed by atoms with E-state index in [2.05, 4.69) is 4.98 Å². The molecule has 1 amide bonds. The van der Waals surface area contributed by atoms with Gasteiger partial charge < -0.3 is 14.7 Å². The number of ether oxygens (including phenoxy) is 1. The van der Waals surface area contributed by atoms with Crippen LogP contribution < -0.4 is 0 Å². The Kier molecular flexibility index (Phi) is 6.89. The van der Waals surface area contributed by atoms with Gasteiger partial charge in [0.1, 0.15) is 16.3 Å². The molecule has 0 aliphatic carbocycles. The van der Waals surface area contributed by atoms with Crippen LogP contribution >= 0.6 is 0 Å². The van der Waals surface area contributed by atoms with Crippen molar-refractivity contribution in [1.82, 2.24) is 13.9 Å². The third-order valence-electron chi connectivity index (χ3n) is 4.68. The van der Waals surface area contributed by atoms with E-state index in [1.807, 2.05) is 0 Å². The van der Waals surface area contributed by atoms with Crippen LogP contribution in [0.2, 0.25) is 0 Å². The second kappa shape index (κ2) is 9.32. The molecule has 0 radical (unpaired) electrons. The lowest BCUT2D eigenvalue weighted by atomic mass is 10.1. The van der Waals surface area contributed by atoms with E-state index in [1.165, 1.54) is 66.9 Å². The number of rotatable bonds is 6. The van der Waals surface area contributed by atoms with Crippen molar-refractivity contribution in [3.8, 4) is 11.3 Å². The fraction of sp³-hybridized carbons (Fsp3) is 0.304. The molecular formula is C23H26FN3O5S. The molecule has 0 saturated carbocycles. The van der Waals surface area contributed by atoms with Gasteiger partial charge in [0.25, 0.3) is 10.0 Å². The van der Waals surface area contributed by atoms with E-state index in [0.29, 0.717) is 5.56 Å². The van der Waals surface area contributed by atoms with Crippen LogP contribution in [0.1, 0.15) is 31.9 Å². The van der Waals surface area contributed by atoms with Gasteiger partial charge in [0.05, 0.1) is 18.8 Å². The standard InChI is InChI=1S/C23H26FN3O5S/c1-23(2,3)32-22(29)26(4)13-16-11-20(19-9-5-7-17(15-28)21(19)24)27(14-16)33(30,31)18-8-6-10-25-12-18/h5-12,14,28H,13,15H2,1-4H3. The van der Waals surface area contributed by atoms with E-state index in [-0.39, 0.29) is 28.3 Å². The molecule has 0 spiro atoms. The molecule has 0 unspecified atom stereocenters. The van der Waals surface area contributed by atoms with E-state index >= 15 is 4.39 Å². The molecule has 176 valence electrons. The Balaban J connectivity index is 2.10. The van der Waals surface area contributed by atoms with Gasteiger partial charge in [-0.3, -0.25) is 4.98 Å². The van der Waals surface area contributed by atoms with Crippen LogP contribution in [0.4, 0.5) is 9.18 Å². The molecule has 0 aliphatic heterocycles. The number of benzene rings is 1. The highest BCUT2D eigenvalue weighted by Gasteiger charge is 2.26. The van der Waals surface area contributed by atoms with Crippen molar-refractivity contribution in [1.29, 1.82) is 0 Å². The Bertz CT molecular complexity index is 1250. The van der Waals surface area contributed by atoms with Crippen molar-refractivity contribution in [2.75, 3.05) is 7.05 Å². The van der Waals surface area contributed by atoms with E-state index in [4.69, 9.17) is 4.74 Å². The van der Waals surface area contributed by atoms with Crippen molar-refractivity contribution in [2.24, 2.45) is 0 Å². The summed E-state index contributed by atoms with van der Waals surface area (Å²) in [6, 6.07) is 8.75. The minimum atomic E-state index is -4.13. The maximum Gasteiger partial charge on any atom is 0.410 e. The topological polar surface area (TPSA) is 102 Å². The van der Waals surface area contributed by atoms with Gasteiger partial charge in [-0.25, -0.2) is 21.6 Å². The molecule has 2 aromatic heterocycles. The minimum absolute atomic E-state index is 0.000173. The van der Waals surface area contributed by atoms with Crippen LogP contribution in [0.3, 0.4) is 0 Å². The van der Waals surface area contributed by atoms with Crippen LogP contribution in [0.15, 0.2) is 59.9 Å². The van der Waals surface area contributed by atoms with E-state index in [1.54, 1.807) is 20.8 Å². The van der Waals surface area contributed by atoms with Gasteiger partial charge in [0.2, 0.25) is 0 Å². The molecule has 2 heterocycles. The first-order valence-electron chi connectivity index (χ1n) is 10.1. The van der Waals surface area contributed by atoms with Gasteiger partial charge in [0, 0.05) is 36.8 Å². The lowest BCUT2D eigenvalue weighted by Crippen LogP contribution is -2.33. The highest BCUT2D eigenvalue weighted by atomic mass is 32.2. The number of aromatic nitrogens is 2. The molecule has 10 heteroatoms. The summed E-state index contributed by atoms with van der Waals surface area (Å²) in [5, 5.41) is 9.44. The third kappa shape index (κ3) is 5.40. The second-order valence-corrected chi connectivity index (χ2v) is 10.3. The molecule has 3 aromatic rings. The number of amides is 1. The van der Waals surface area contributed by atoms with Crippen LogP contribution in [0.25, 0.3) is 11.3 Å². The predicted octanol–water partition coefficient (Wildman–Crippen LogP) is 3.79. The van der Waals surface area contributed by atoms with Gasteiger partial charge in [-0.05, 0) is 50.6 Å². The Morgan fingerprint density at radius 2 is 1.97 bits per heavy atom. The average Bonchev–Trinajstić information content (AvgIpc) is 3.17. The van der Waals surface area contributed by atoms with Crippen molar-refractivity contribution >= 4 is 16.1 Å². The van der Waals surface area contributed by atoms with Crippen LogP contribution in [-0.2, 0) is 27.9 Å². The van der Waals surface area contributed by atoms with E-state index < -0.39 is 34.1 Å². The van der Waals surface area contributed by atoms with Gasteiger partial charge in [0.15, 0.2) is 0 Å². The summed E-state index contributed by atoms with van der Waals surface area (Å²) in [4.78, 5) is 17.5. The van der Waals surface area contributed by atoms with Crippen molar-refractivity contribution in [3.63, 3.8) is 0 Å². The van der Waals surface area contributed by atoms with Gasteiger partial charge in [-0.15, -0.1) is 0 Å². The monoisotopic (exact) mass is 475 g/mol. The summed E-state index contributed by atoms with van der Waals surface area (Å²) in [5.74, 6) is -0.729. The normalized spacial score (nSPS) is 11.9. The Hall–Kier alpha value is -3.24. The third-order valence-corrected chi connectivity index (χ3v) is 6.34. The number of hydrogen-bond donors (Lipinski definition) is 1. The summed E-state index contributed by atoms with van der Waals surface area (Å²) < 4.78 is 48.1. The molecule has 0 fully saturated rings. The van der Waals surface area contributed by atoms with Crippen molar-refractivity contribution in [3.05, 3.63) is 71.9 Å². The zero-order chi connectivity index (χ0) is 24.4. The van der Waals surface area contributed by atoms with Crippen LogP contribution in [-0.4, -0.2) is 46.1 Å². The fourth-order valence-electron chi connectivity index (χ4n) is 3.17. The minimum Gasteiger partial charge on any atom is -0.444 e. The number of pyridine rings is 1. The number of carbonyl (C=O) groups excluding carboxylic acids is 1. The summed E-state index contributed by atoms with van der Waals surface area (Å²) >= 11 is 0. The lowest BCUT2D eigenvalue weighted by molar-refractivity contribution is 0.0285. The maximum absolute atomic E-state index is 15.0. The van der Waals surface area contributed by atoms with Crippen LogP contribution in [0, 0.1) is 5.82 Å². The molecule has 3 rings (SSSR count). The van der Waals surface area contributed by atoms with Crippen LogP contribution in [0.5, 0.6) is 0 Å². The highest BCUT2D eigenvalue weighted by molar-refractivity contribution is 7.90. The molecule has 0 aliphatic rings. The molecule has 33 heavy (non-hydrogen) atoms. The number of hydrogen-bond acceptors (Lipinski definition) is 6. The zero-order valence-electron chi connectivity index (χ0n) is 18.8. The van der Waals surface area contributed by atoms with Crippen molar-refractivity contribution in [2.45, 2.75) is 44.4 Å². The van der Waals surface area contributed by atoms with E-state index in [0.717, 1.165) is 3.97 Å². The first-order valence-corrected chi connectivity index (χ1v) is 11.6. The first kappa shape index (κ1) is 24.4. The summed E-state index contributed by atoms with van der Waals surface area (Å²) in [7, 11) is -2.61. The Morgan fingerprint density at radius 3 is 2.58 bits per heavy atom. The molecule has 1 aromatic carbocycles. The summed E-state index contributed by atoms with van der Waals surface area (Å²) in [6.45, 7) is 4.71. The highest BCUT2D eigenvalue weighted by Crippen LogP contribution is 2.31. The smallest absolute Gasteiger partial charge is 0.410 e. The second-order valence-electron chi connectivity index (χ2n) is 8.50. The molecule has 0 saturated heterocycles. The Morgan fingerprint density at radius 1 is 1.24 bits per heavy atom. The maximum atomic E-state index is 15.0. The Labute approximate surface area is 192 Å². The fourth-order valence-corrected chi connectivity index (χ4v) is 4.53. The largest absolute Gasteiger partial charge is 0.444 e. The van der Waals surface area contributed by atoms with Gasteiger partial charge in [-0.1, -0.05) is 12.1 Å². The zero-order valence-corrected chi connectivity index (χ0v) is 19.6. The first-order chi connectivity index (χ1) is 15.4. The summed E-state index contributed by atoms with van der Waals surface area (Å²) in [5.41, 5.74) is -0.162. The molecular weight excluding hydrogens is 449 g/mol. The molecule has 8 nitrogen and oxygen atoms in total. The predicted molar refractivity (Wildman–Crippen MR) is 120 cm³/mol.